The Bertz CT molecular complexity index is 213. The summed E-state index contributed by atoms with van der Waals surface area (Å²) in [5.41, 5.74) is 0. The molecule has 114 valence electrons. The zero-order chi connectivity index (χ0) is 14.5. The van der Waals surface area contributed by atoms with E-state index in [9.17, 15) is 4.79 Å². The Hall–Kier alpha value is -0.530. The van der Waals surface area contributed by atoms with E-state index in [4.69, 9.17) is 4.74 Å². The van der Waals surface area contributed by atoms with E-state index in [-0.39, 0.29) is 18.0 Å². The number of rotatable bonds is 12. The van der Waals surface area contributed by atoms with Gasteiger partial charge in [0.15, 0.2) is 0 Å². The maximum atomic E-state index is 12.1. The van der Waals surface area contributed by atoms with Crippen molar-refractivity contribution < 1.29 is 9.53 Å². The van der Waals surface area contributed by atoms with Gasteiger partial charge in [0, 0.05) is 0 Å². The highest BCUT2D eigenvalue weighted by Crippen LogP contribution is 2.18. The van der Waals surface area contributed by atoms with Crippen LogP contribution in [0.2, 0.25) is 0 Å². The Labute approximate surface area is 120 Å². The number of carbonyl (C=O) groups is 1. The van der Waals surface area contributed by atoms with Crippen LogP contribution in [0.1, 0.15) is 91.9 Å². The van der Waals surface area contributed by atoms with Crippen molar-refractivity contribution in [3.63, 3.8) is 0 Å². The first-order valence-corrected chi connectivity index (χ1v) is 8.39. The third kappa shape index (κ3) is 9.07. The molecule has 0 aliphatic carbocycles. The van der Waals surface area contributed by atoms with E-state index in [0.717, 1.165) is 32.1 Å². The Morgan fingerprint density at radius 2 is 1.42 bits per heavy atom. The fourth-order valence-corrected chi connectivity index (χ4v) is 2.36. The molecular formula is C17H34O2. The van der Waals surface area contributed by atoms with Crippen molar-refractivity contribution in [2.45, 2.75) is 98.0 Å². The molecule has 2 nitrogen and oxygen atoms in total. The number of carbonyl (C=O) groups excluding carboxylic acids is 1. The van der Waals surface area contributed by atoms with E-state index in [1.54, 1.807) is 0 Å². The SMILES string of the molecule is CCCCCC(CC)OC(=O)C(CC)CCCCC. The zero-order valence-electron chi connectivity index (χ0n) is 13.5. The lowest BCUT2D eigenvalue weighted by molar-refractivity contribution is -0.155. The number of esters is 1. The summed E-state index contributed by atoms with van der Waals surface area (Å²) in [7, 11) is 0. The minimum Gasteiger partial charge on any atom is -0.462 e. The molecule has 19 heavy (non-hydrogen) atoms. The number of unbranched alkanes of at least 4 members (excludes halogenated alkanes) is 4. The van der Waals surface area contributed by atoms with Gasteiger partial charge in [-0.05, 0) is 32.1 Å². The van der Waals surface area contributed by atoms with E-state index >= 15 is 0 Å². The molecule has 0 rings (SSSR count). The van der Waals surface area contributed by atoms with E-state index in [0.29, 0.717) is 0 Å². The van der Waals surface area contributed by atoms with E-state index in [1.165, 1.54) is 32.1 Å². The van der Waals surface area contributed by atoms with E-state index in [1.807, 2.05) is 0 Å². The van der Waals surface area contributed by atoms with Crippen LogP contribution < -0.4 is 0 Å². The molecule has 0 heterocycles. The quantitative estimate of drug-likeness (QED) is 0.346. The molecule has 0 bridgehead atoms. The van der Waals surface area contributed by atoms with Crippen LogP contribution in [0, 0.1) is 5.92 Å². The topological polar surface area (TPSA) is 26.3 Å². The Kier molecular flexibility index (Phi) is 12.2. The summed E-state index contributed by atoms with van der Waals surface area (Å²) < 4.78 is 5.69. The number of hydrogen-bond donors (Lipinski definition) is 0. The van der Waals surface area contributed by atoms with Crippen molar-refractivity contribution in [1.29, 1.82) is 0 Å². The van der Waals surface area contributed by atoms with Gasteiger partial charge in [-0.3, -0.25) is 4.79 Å². The molecule has 0 spiro atoms. The van der Waals surface area contributed by atoms with Crippen LogP contribution in [0.4, 0.5) is 0 Å². The average Bonchev–Trinajstić information content (AvgIpc) is 2.42. The zero-order valence-corrected chi connectivity index (χ0v) is 13.5. The largest absolute Gasteiger partial charge is 0.462 e. The van der Waals surface area contributed by atoms with Crippen molar-refractivity contribution in [3.8, 4) is 0 Å². The molecule has 0 aromatic heterocycles. The summed E-state index contributed by atoms with van der Waals surface area (Å²) in [5.74, 6) is 0.161. The molecule has 0 aromatic rings. The molecule has 0 aliphatic heterocycles. The second-order valence-corrected chi connectivity index (χ2v) is 5.56. The van der Waals surface area contributed by atoms with Crippen LogP contribution in [-0.4, -0.2) is 12.1 Å². The van der Waals surface area contributed by atoms with Crippen LogP contribution >= 0.6 is 0 Å². The van der Waals surface area contributed by atoms with Crippen molar-refractivity contribution >= 4 is 5.97 Å². The van der Waals surface area contributed by atoms with Gasteiger partial charge in [0.1, 0.15) is 6.10 Å². The second-order valence-electron chi connectivity index (χ2n) is 5.56. The lowest BCUT2D eigenvalue weighted by Crippen LogP contribution is -2.24. The van der Waals surface area contributed by atoms with Crippen LogP contribution in [0.25, 0.3) is 0 Å². The van der Waals surface area contributed by atoms with Gasteiger partial charge in [-0.25, -0.2) is 0 Å². The molecule has 0 N–H and O–H groups in total. The molecular weight excluding hydrogens is 236 g/mol. The summed E-state index contributed by atoms with van der Waals surface area (Å²) in [6, 6.07) is 0. The van der Waals surface area contributed by atoms with E-state index in [2.05, 4.69) is 27.7 Å². The van der Waals surface area contributed by atoms with Crippen LogP contribution in [0.5, 0.6) is 0 Å². The van der Waals surface area contributed by atoms with E-state index < -0.39 is 0 Å². The van der Waals surface area contributed by atoms with Gasteiger partial charge in [-0.1, -0.05) is 59.8 Å². The van der Waals surface area contributed by atoms with Crippen molar-refractivity contribution in [1.82, 2.24) is 0 Å². The monoisotopic (exact) mass is 270 g/mol. The predicted molar refractivity (Wildman–Crippen MR) is 82.2 cm³/mol. The molecule has 2 unspecified atom stereocenters. The van der Waals surface area contributed by atoms with Gasteiger partial charge in [-0.15, -0.1) is 0 Å². The first kappa shape index (κ1) is 18.5. The summed E-state index contributed by atoms with van der Waals surface area (Å²) >= 11 is 0. The highest BCUT2D eigenvalue weighted by atomic mass is 16.5. The maximum Gasteiger partial charge on any atom is 0.309 e. The smallest absolute Gasteiger partial charge is 0.309 e. The fourth-order valence-electron chi connectivity index (χ4n) is 2.36. The van der Waals surface area contributed by atoms with Crippen molar-refractivity contribution in [3.05, 3.63) is 0 Å². The minimum absolute atomic E-state index is 0.0435. The molecule has 0 fully saturated rings. The standard InChI is InChI=1S/C17H34O2/c1-5-9-11-13-15(7-3)17(18)19-16(8-4)14-12-10-6-2/h15-16H,5-14H2,1-4H3. The van der Waals surface area contributed by atoms with Crippen molar-refractivity contribution in [2.24, 2.45) is 5.92 Å². The molecule has 0 saturated carbocycles. The highest BCUT2D eigenvalue weighted by molar-refractivity contribution is 5.72. The minimum atomic E-state index is 0.0435. The van der Waals surface area contributed by atoms with Gasteiger partial charge in [-0.2, -0.15) is 0 Å². The Morgan fingerprint density at radius 3 is 1.89 bits per heavy atom. The van der Waals surface area contributed by atoms with Gasteiger partial charge in [0.05, 0.1) is 5.92 Å². The molecule has 0 amide bonds. The van der Waals surface area contributed by atoms with Gasteiger partial charge in [0.25, 0.3) is 0 Å². The predicted octanol–water partition coefficient (Wildman–Crippen LogP) is 5.50. The first-order chi connectivity index (χ1) is 9.19. The first-order valence-electron chi connectivity index (χ1n) is 8.39. The average molecular weight is 270 g/mol. The molecule has 0 saturated heterocycles. The van der Waals surface area contributed by atoms with Crippen LogP contribution in [-0.2, 0) is 9.53 Å². The van der Waals surface area contributed by atoms with Crippen molar-refractivity contribution in [2.75, 3.05) is 0 Å². The van der Waals surface area contributed by atoms with Crippen LogP contribution in [0.15, 0.2) is 0 Å². The molecule has 0 radical (unpaired) electrons. The lowest BCUT2D eigenvalue weighted by Gasteiger charge is -2.20. The fraction of sp³-hybridized carbons (Fsp3) is 0.941. The molecule has 2 heteroatoms. The third-order valence-corrected chi connectivity index (χ3v) is 3.85. The summed E-state index contributed by atoms with van der Waals surface area (Å²) in [6.07, 6.45) is 11.2. The van der Waals surface area contributed by atoms with Gasteiger partial charge in [0.2, 0.25) is 0 Å². The van der Waals surface area contributed by atoms with Gasteiger partial charge >= 0.3 is 5.97 Å². The molecule has 0 aliphatic rings. The summed E-state index contributed by atoms with van der Waals surface area (Å²) in [5, 5.41) is 0. The third-order valence-electron chi connectivity index (χ3n) is 3.85. The molecule has 2 atom stereocenters. The van der Waals surface area contributed by atoms with Crippen LogP contribution in [0.3, 0.4) is 0 Å². The normalized spacial score (nSPS) is 14.1. The Morgan fingerprint density at radius 1 is 0.842 bits per heavy atom. The Balaban J connectivity index is 4.05. The second kappa shape index (κ2) is 12.5. The van der Waals surface area contributed by atoms with Gasteiger partial charge < -0.3 is 4.74 Å². The molecule has 0 aromatic carbocycles. The maximum absolute atomic E-state index is 12.1. The number of hydrogen-bond acceptors (Lipinski definition) is 2. The highest BCUT2D eigenvalue weighted by Gasteiger charge is 2.20. The lowest BCUT2D eigenvalue weighted by atomic mass is 9.98. The summed E-state index contributed by atoms with van der Waals surface area (Å²) in [4.78, 5) is 12.1. The number of ether oxygens (including phenoxy) is 1. The summed E-state index contributed by atoms with van der Waals surface area (Å²) in [6.45, 7) is 8.60.